The van der Waals surface area contributed by atoms with Crippen molar-refractivity contribution >= 4 is 66.0 Å². The first-order chi connectivity index (χ1) is 19.4. The average Bonchev–Trinajstić information content (AvgIpc) is 3.60. The Bertz CT molecular complexity index is 1960. The molecule has 0 bridgehead atoms. The normalized spacial score (nSPS) is 11.6. The minimum atomic E-state index is -4.00. The molecule has 0 saturated heterocycles. The van der Waals surface area contributed by atoms with E-state index >= 15 is 0 Å². The van der Waals surface area contributed by atoms with Gasteiger partial charge in [-0.2, -0.15) is 0 Å². The van der Waals surface area contributed by atoms with E-state index in [0.29, 0.717) is 16.2 Å². The van der Waals surface area contributed by atoms with Crippen molar-refractivity contribution < 1.29 is 17.9 Å². The van der Waals surface area contributed by atoms with Gasteiger partial charge in [0.1, 0.15) is 5.75 Å². The first-order valence-electron chi connectivity index (χ1n) is 12.2. The molecular weight excluding hydrogens is 565 g/mol. The fourth-order valence-electron chi connectivity index (χ4n) is 4.25. The van der Waals surface area contributed by atoms with Crippen LogP contribution >= 0.6 is 23.1 Å². The highest BCUT2D eigenvalue weighted by Gasteiger charge is 2.25. The van der Waals surface area contributed by atoms with Crippen LogP contribution in [0.5, 0.6) is 5.75 Å². The molecule has 2 aromatic heterocycles. The molecule has 11 heteroatoms. The summed E-state index contributed by atoms with van der Waals surface area (Å²) >= 11 is 2.37. The van der Waals surface area contributed by atoms with Gasteiger partial charge in [-0.15, -0.1) is 11.3 Å². The van der Waals surface area contributed by atoms with E-state index < -0.39 is 10.0 Å². The number of amides is 1. The molecule has 2 heterocycles. The maximum Gasteiger partial charge on any atom is 0.270 e. The molecule has 1 N–H and O–H groups in total. The third kappa shape index (κ3) is 5.06. The van der Waals surface area contributed by atoms with Gasteiger partial charge in [-0.05, 0) is 59.3 Å². The summed E-state index contributed by atoms with van der Waals surface area (Å²) in [5, 5.41) is 7.09. The number of benzene rings is 4. The molecule has 0 aliphatic carbocycles. The monoisotopic (exact) mass is 586 g/mol. The summed E-state index contributed by atoms with van der Waals surface area (Å²) in [6.07, 6.45) is 0. The van der Waals surface area contributed by atoms with Crippen LogP contribution in [-0.2, 0) is 14.8 Å². The van der Waals surface area contributed by atoms with E-state index in [0.717, 1.165) is 39.5 Å². The van der Waals surface area contributed by atoms with Crippen molar-refractivity contribution in [2.75, 3.05) is 18.2 Å². The second-order valence-electron chi connectivity index (χ2n) is 8.76. The number of hydrogen-bond donors (Lipinski definition) is 1. The van der Waals surface area contributed by atoms with Gasteiger partial charge in [-0.1, -0.05) is 54.2 Å². The molecule has 8 nitrogen and oxygen atoms in total. The topological polar surface area (TPSA) is 103 Å². The molecule has 6 rings (SSSR count). The highest BCUT2D eigenvalue weighted by molar-refractivity contribution is 8.00. The highest BCUT2D eigenvalue weighted by atomic mass is 32.2. The molecular formula is C29H22N4O4S3. The van der Waals surface area contributed by atoms with E-state index in [2.05, 4.69) is 15.3 Å². The number of nitrogens with one attached hydrogen (secondary N) is 1. The van der Waals surface area contributed by atoms with Crippen LogP contribution in [0.1, 0.15) is 0 Å². The van der Waals surface area contributed by atoms with E-state index in [-0.39, 0.29) is 21.7 Å². The minimum Gasteiger partial charge on any atom is -0.497 e. The average molecular weight is 587 g/mol. The van der Waals surface area contributed by atoms with Crippen molar-refractivity contribution in [1.29, 1.82) is 0 Å². The largest absolute Gasteiger partial charge is 0.497 e. The van der Waals surface area contributed by atoms with E-state index in [9.17, 15) is 13.2 Å². The van der Waals surface area contributed by atoms with Crippen LogP contribution in [0.4, 0.5) is 5.13 Å². The number of ether oxygens (including phenoxy) is 1. The van der Waals surface area contributed by atoms with Gasteiger partial charge in [0.2, 0.25) is 5.91 Å². The summed E-state index contributed by atoms with van der Waals surface area (Å²) in [4.78, 5) is 22.0. The van der Waals surface area contributed by atoms with Gasteiger partial charge >= 0.3 is 0 Å². The molecule has 0 fully saturated rings. The van der Waals surface area contributed by atoms with Crippen molar-refractivity contribution in [3.8, 4) is 17.0 Å². The maximum absolute atomic E-state index is 13.9. The van der Waals surface area contributed by atoms with E-state index in [1.807, 2.05) is 53.9 Å². The van der Waals surface area contributed by atoms with Crippen molar-refractivity contribution in [3.63, 3.8) is 0 Å². The van der Waals surface area contributed by atoms with Gasteiger partial charge < -0.3 is 10.1 Å². The van der Waals surface area contributed by atoms with Crippen LogP contribution in [0.3, 0.4) is 0 Å². The standard InChI is InChI=1S/C29H22N4O4S3/c1-37-22-13-10-20(11-14-22)25-17-38-28(30-25)32-27(34)18-39-29-31-24-8-4-5-9-26(24)33(29)40(35,36)23-15-12-19-6-2-3-7-21(19)16-23/h2-17H,18H2,1H3,(H,30,32,34). The van der Waals surface area contributed by atoms with E-state index in [4.69, 9.17) is 4.74 Å². The lowest BCUT2D eigenvalue weighted by atomic mass is 10.1. The number of methoxy groups -OCH3 is 1. The quantitative estimate of drug-likeness (QED) is 0.209. The summed E-state index contributed by atoms with van der Waals surface area (Å²) in [7, 11) is -2.39. The number of anilines is 1. The SMILES string of the molecule is COc1ccc(-c2csc(NC(=O)CSc3nc4ccccc4n3S(=O)(=O)c3ccc4ccccc4c3)n2)cc1. The van der Waals surface area contributed by atoms with Crippen LogP contribution < -0.4 is 10.1 Å². The Morgan fingerprint density at radius 2 is 1.70 bits per heavy atom. The molecule has 40 heavy (non-hydrogen) atoms. The van der Waals surface area contributed by atoms with Crippen LogP contribution in [-0.4, -0.2) is 41.1 Å². The predicted molar refractivity (Wildman–Crippen MR) is 160 cm³/mol. The van der Waals surface area contributed by atoms with Crippen LogP contribution in [0.25, 0.3) is 33.1 Å². The Morgan fingerprint density at radius 3 is 2.50 bits per heavy atom. The van der Waals surface area contributed by atoms with E-state index in [1.165, 1.54) is 15.3 Å². The molecule has 0 unspecified atom stereocenters. The zero-order valence-corrected chi connectivity index (χ0v) is 23.6. The van der Waals surface area contributed by atoms with Gasteiger partial charge in [0.15, 0.2) is 10.3 Å². The van der Waals surface area contributed by atoms with Crippen molar-refractivity contribution in [2.45, 2.75) is 10.1 Å². The summed E-state index contributed by atoms with van der Waals surface area (Å²) in [5.74, 6) is 0.383. The number of carbonyl (C=O) groups is 1. The van der Waals surface area contributed by atoms with Gasteiger partial charge in [-0.3, -0.25) is 4.79 Å². The van der Waals surface area contributed by atoms with Crippen LogP contribution in [0, 0.1) is 0 Å². The molecule has 4 aromatic carbocycles. The summed E-state index contributed by atoms with van der Waals surface area (Å²) in [6.45, 7) is 0. The molecule has 6 aromatic rings. The molecule has 0 aliphatic heterocycles. The maximum atomic E-state index is 13.9. The fraction of sp³-hybridized carbons (Fsp3) is 0.0690. The Morgan fingerprint density at radius 1 is 0.950 bits per heavy atom. The molecule has 1 amide bonds. The molecule has 0 radical (unpaired) electrons. The lowest BCUT2D eigenvalue weighted by Gasteiger charge is -2.11. The Hall–Kier alpha value is -4.19. The van der Waals surface area contributed by atoms with Crippen LogP contribution in [0.2, 0.25) is 0 Å². The van der Waals surface area contributed by atoms with E-state index in [1.54, 1.807) is 49.6 Å². The number of aromatic nitrogens is 3. The van der Waals surface area contributed by atoms with Crippen LogP contribution in [0.15, 0.2) is 106 Å². The number of thiazole rings is 1. The third-order valence-electron chi connectivity index (χ3n) is 6.22. The Labute approximate surface area is 238 Å². The zero-order chi connectivity index (χ0) is 27.7. The highest BCUT2D eigenvalue weighted by Crippen LogP contribution is 2.31. The number of rotatable bonds is 8. The van der Waals surface area contributed by atoms with Gasteiger partial charge in [0.25, 0.3) is 10.0 Å². The fourth-order valence-corrected chi connectivity index (χ4v) is 7.54. The number of para-hydroxylation sites is 2. The van der Waals surface area contributed by atoms with Gasteiger partial charge in [0.05, 0.1) is 34.5 Å². The molecule has 0 aliphatic rings. The summed E-state index contributed by atoms with van der Waals surface area (Å²) in [6, 6.07) is 27.1. The second kappa shape index (κ2) is 10.8. The lowest BCUT2D eigenvalue weighted by molar-refractivity contribution is -0.113. The molecule has 0 saturated carbocycles. The van der Waals surface area contributed by atoms with Crippen molar-refractivity contribution in [1.82, 2.24) is 13.9 Å². The third-order valence-corrected chi connectivity index (χ3v) is 9.73. The van der Waals surface area contributed by atoms with Crippen molar-refractivity contribution in [3.05, 3.63) is 96.4 Å². The smallest absolute Gasteiger partial charge is 0.270 e. The number of thioether (sulfide) groups is 1. The summed E-state index contributed by atoms with van der Waals surface area (Å²) in [5.41, 5.74) is 2.61. The van der Waals surface area contributed by atoms with Gasteiger partial charge in [0, 0.05) is 10.9 Å². The number of fused-ring (bicyclic) bond motifs is 2. The number of imidazole rings is 1. The number of carbonyl (C=O) groups excluding carboxylic acids is 1. The molecule has 0 spiro atoms. The predicted octanol–water partition coefficient (Wildman–Crippen LogP) is 6.29. The lowest BCUT2D eigenvalue weighted by Crippen LogP contribution is -2.17. The second-order valence-corrected chi connectivity index (χ2v) is 12.4. The Balaban J connectivity index is 1.24. The Kier molecular flexibility index (Phi) is 7.01. The molecule has 0 atom stereocenters. The molecule has 200 valence electrons. The minimum absolute atomic E-state index is 0.0476. The summed E-state index contributed by atoms with van der Waals surface area (Å²) < 4.78 is 34.2. The number of hydrogen-bond acceptors (Lipinski definition) is 8. The first-order valence-corrected chi connectivity index (χ1v) is 15.5. The first kappa shape index (κ1) is 26.1. The number of nitrogens with zero attached hydrogens (tertiary/aromatic N) is 3. The zero-order valence-electron chi connectivity index (χ0n) is 21.1. The van der Waals surface area contributed by atoms with Crippen molar-refractivity contribution in [2.24, 2.45) is 0 Å². The van der Waals surface area contributed by atoms with Gasteiger partial charge in [-0.25, -0.2) is 22.4 Å².